The second-order valence-electron chi connectivity index (χ2n) is 9.43. The maximum atomic E-state index is 12.7. The Morgan fingerprint density at radius 1 is 0.806 bits per heavy atom. The van der Waals surface area contributed by atoms with Gasteiger partial charge in [0.2, 0.25) is 11.8 Å². The molecule has 3 N–H and O–H groups in total. The minimum atomic E-state index is -0.324. The first-order valence-electron chi connectivity index (χ1n) is 12.4. The zero-order valence-electron chi connectivity index (χ0n) is 20.0. The standard InChI is InChI=1S/C29H29N3O3S/c33-27(16-22-18-36-26-11-4-3-9-24(22)26)30-17-19-12-14-21(15-13-19)28(34)31-32-29(35)25-10-5-7-20-6-1-2-8-23(20)25/h1-11,18-19,21H,12-17H2,(H,30,33)(H,31,34)(H,32,35). The van der Waals surface area contributed by atoms with Gasteiger partial charge in [0.05, 0.1) is 6.42 Å². The Kier molecular flexibility index (Phi) is 7.28. The Morgan fingerprint density at radius 2 is 1.53 bits per heavy atom. The van der Waals surface area contributed by atoms with Crippen LogP contribution in [0.5, 0.6) is 0 Å². The molecule has 0 spiro atoms. The van der Waals surface area contributed by atoms with Crippen molar-refractivity contribution >= 4 is 49.9 Å². The normalized spacial score (nSPS) is 17.6. The molecule has 0 radical (unpaired) electrons. The number of fused-ring (bicyclic) bond motifs is 2. The maximum Gasteiger partial charge on any atom is 0.270 e. The number of hydrogen-bond donors (Lipinski definition) is 3. The van der Waals surface area contributed by atoms with Gasteiger partial charge in [-0.3, -0.25) is 25.2 Å². The molecule has 0 saturated heterocycles. The smallest absolute Gasteiger partial charge is 0.270 e. The van der Waals surface area contributed by atoms with Crippen molar-refractivity contribution < 1.29 is 14.4 Å². The average molecular weight is 500 g/mol. The van der Waals surface area contributed by atoms with E-state index in [4.69, 9.17) is 0 Å². The van der Waals surface area contributed by atoms with Crippen molar-refractivity contribution in [1.82, 2.24) is 16.2 Å². The molecule has 1 aliphatic carbocycles. The molecule has 6 nitrogen and oxygen atoms in total. The van der Waals surface area contributed by atoms with Gasteiger partial charge in [0.1, 0.15) is 0 Å². The third-order valence-electron chi connectivity index (χ3n) is 7.05. The lowest BCUT2D eigenvalue weighted by molar-refractivity contribution is -0.127. The molecule has 1 saturated carbocycles. The summed E-state index contributed by atoms with van der Waals surface area (Å²) < 4.78 is 1.20. The molecule has 1 aromatic heterocycles. The Morgan fingerprint density at radius 3 is 2.36 bits per heavy atom. The van der Waals surface area contributed by atoms with Crippen LogP contribution in [0.2, 0.25) is 0 Å². The molecule has 3 amide bonds. The van der Waals surface area contributed by atoms with Crippen LogP contribution in [0.3, 0.4) is 0 Å². The van der Waals surface area contributed by atoms with Crippen molar-refractivity contribution in [3.05, 3.63) is 83.2 Å². The van der Waals surface area contributed by atoms with Gasteiger partial charge in [-0.1, -0.05) is 54.6 Å². The third kappa shape index (κ3) is 5.41. The van der Waals surface area contributed by atoms with E-state index in [1.807, 2.05) is 48.5 Å². The van der Waals surface area contributed by atoms with E-state index in [1.165, 1.54) is 4.70 Å². The van der Waals surface area contributed by atoms with Crippen LogP contribution in [0, 0.1) is 11.8 Å². The van der Waals surface area contributed by atoms with Crippen molar-refractivity contribution in [1.29, 1.82) is 0 Å². The fraction of sp³-hybridized carbons (Fsp3) is 0.276. The summed E-state index contributed by atoms with van der Waals surface area (Å²) in [6, 6.07) is 21.4. The Balaban J connectivity index is 1.05. The monoisotopic (exact) mass is 499 g/mol. The Hall–Kier alpha value is -3.71. The van der Waals surface area contributed by atoms with Gasteiger partial charge >= 0.3 is 0 Å². The van der Waals surface area contributed by atoms with Crippen LogP contribution < -0.4 is 16.2 Å². The summed E-state index contributed by atoms with van der Waals surface area (Å²) in [6.07, 6.45) is 3.61. The molecule has 1 fully saturated rings. The van der Waals surface area contributed by atoms with Crippen LogP contribution >= 0.6 is 11.3 Å². The molecule has 0 atom stereocenters. The average Bonchev–Trinajstić information content (AvgIpc) is 3.33. The molecule has 7 heteroatoms. The van der Waals surface area contributed by atoms with Crippen molar-refractivity contribution in [2.45, 2.75) is 32.1 Å². The molecular weight excluding hydrogens is 470 g/mol. The molecule has 0 aliphatic heterocycles. The molecular formula is C29H29N3O3S. The number of rotatable bonds is 6. The highest BCUT2D eigenvalue weighted by Crippen LogP contribution is 2.29. The van der Waals surface area contributed by atoms with E-state index in [-0.39, 0.29) is 23.6 Å². The van der Waals surface area contributed by atoms with E-state index in [0.29, 0.717) is 24.4 Å². The third-order valence-corrected chi connectivity index (χ3v) is 8.06. The predicted molar refractivity (Wildman–Crippen MR) is 144 cm³/mol. The van der Waals surface area contributed by atoms with E-state index in [0.717, 1.165) is 47.4 Å². The summed E-state index contributed by atoms with van der Waals surface area (Å²) in [5.41, 5.74) is 6.79. The molecule has 0 bridgehead atoms. The molecule has 0 unspecified atom stereocenters. The quantitative estimate of drug-likeness (QED) is 0.327. The Labute approximate surface area is 214 Å². The molecule has 1 aliphatic rings. The summed E-state index contributed by atoms with van der Waals surface area (Å²) in [6.45, 7) is 0.632. The van der Waals surface area contributed by atoms with Gasteiger partial charge in [-0.05, 0) is 70.8 Å². The zero-order valence-corrected chi connectivity index (χ0v) is 20.8. The lowest BCUT2D eigenvalue weighted by Gasteiger charge is -2.28. The van der Waals surface area contributed by atoms with Gasteiger partial charge in [-0.2, -0.15) is 0 Å². The lowest BCUT2D eigenvalue weighted by Crippen LogP contribution is -2.45. The number of nitrogens with one attached hydrogen (secondary N) is 3. The fourth-order valence-corrected chi connectivity index (χ4v) is 5.97. The summed E-state index contributed by atoms with van der Waals surface area (Å²) >= 11 is 1.67. The van der Waals surface area contributed by atoms with Crippen LogP contribution in [0.1, 0.15) is 41.6 Å². The Bertz CT molecular complexity index is 1400. The molecule has 1 heterocycles. The predicted octanol–water partition coefficient (Wildman–Crippen LogP) is 4.98. The number of benzene rings is 3. The first kappa shape index (κ1) is 24.0. The number of carbonyl (C=O) groups is 3. The van der Waals surface area contributed by atoms with Crippen LogP contribution in [0.4, 0.5) is 0 Å². The second kappa shape index (κ2) is 10.9. The van der Waals surface area contributed by atoms with Gasteiger partial charge in [0, 0.05) is 22.7 Å². The molecule has 4 aromatic rings. The number of hydrazine groups is 1. The van der Waals surface area contributed by atoms with Crippen LogP contribution in [0.25, 0.3) is 20.9 Å². The van der Waals surface area contributed by atoms with E-state index in [9.17, 15) is 14.4 Å². The summed E-state index contributed by atoms with van der Waals surface area (Å²) in [5.74, 6) is -0.218. The lowest BCUT2D eigenvalue weighted by atomic mass is 9.81. The summed E-state index contributed by atoms with van der Waals surface area (Å²) in [5, 5.41) is 8.12. The molecule has 5 rings (SSSR count). The minimum Gasteiger partial charge on any atom is -0.356 e. The van der Waals surface area contributed by atoms with Crippen LogP contribution in [-0.4, -0.2) is 24.3 Å². The van der Waals surface area contributed by atoms with E-state index >= 15 is 0 Å². The first-order chi connectivity index (χ1) is 17.6. The molecule has 36 heavy (non-hydrogen) atoms. The SMILES string of the molecule is O=C(Cc1csc2ccccc12)NCC1CCC(C(=O)NNC(=O)c2cccc3ccccc23)CC1. The van der Waals surface area contributed by atoms with Crippen molar-refractivity contribution in [2.24, 2.45) is 11.8 Å². The number of carbonyl (C=O) groups excluding carboxylic acids is 3. The minimum absolute atomic E-state index is 0.0366. The van der Waals surface area contributed by atoms with Crippen molar-refractivity contribution in [3.8, 4) is 0 Å². The largest absolute Gasteiger partial charge is 0.356 e. The maximum absolute atomic E-state index is 12.7. The van der Waals surface area contributed by atoms with Gasteiger partial charge in [0.15, 0.2) is 0 Å². The number of thiophene rings is 1. The molecule has 184 valence electrons. The highest BCUT2D eigenvalue weighted by atomic mass is 32.1. The first-order valence-corrected chi connectivity index (χ1v) is 13.3. The highest BCUT2D eigenvalue weighted by molar-refractivity contribution is 7.17. The van der Waals surface area contributed by atoms with Crippen LogP contribution in [-0.2, 0) is 16.0 Å². The van der Waals surface area contributed by atoms with E-state index in [2.05, 4.69) is 33.7 Å². The topological polar surface area (TPSA) is 87.3 Å². The van der Waals surface area contributed by atoms with Crippen molar-refractivity contribution in [3.63, 3.8) is 0 Å². The zero-order chi connectivity index (χ0) is 24.9. The van der Waals surface area contributed by atoms with Gasteiger partial charge in [0.25, 0.3) is 5.91 Å². The highest BCUT2D eigenvalue weighted by Gasteiger charge is 2.27. The molecule has 3 aromatic carbocycles. The van der Waals surface area contributed by atoms with Crippen LogP contribution in [0.15, 0.2) is 72.1 Å². The number of hydrogen-bond acceptors (Lipinski definition) is 4. The summed E-state index contributed by atoms with van der Waals surface area (Å²) in [4.78, 5) is 37.8. The summed E-state index contributed by atoms with van der Waals surface area (Å²) in [7, 11) is 0. The number of amides is 3. The van der Waals surface area contributed by atoms with Crippen molar-refractivity contribution in [2.75, 3.05) is 6.54 Å². The van der Waals surface area contributed by atoms with Gasteiger partial charge < -0.3 is 5.32 Å². The van der Waals surface area contributed by atoms with Gasteiger partial charge in [-0.15, -0.1) is 11.3 Å². The van der Waals surface area contributed by atoms with E-state index in [1.54, 1.807) is 17.4 Å². The second-order valence-corrected chi connectivity index (χ2v) is 10.3. The fourth-order valence-electron chi connectivity index (χ4n) is 5.00. The van der Waals surface area contributed by atoms with E-state index < -0.39 is 0 Å². The van der Waals surface area contributed by atoms with Gasteiger partial charge in [-0.25, -0.2) is 0 Å².